The van der Waals surface area contributed by atoms with E-state index >= 15 is 0 Å². The predicted octanol–water partition coefficient (Wildman–Crippen LogP) is -0.104. The highest BCUT2D eigenvalue weighted by Gasteiger charge is 2.13. The standard InChI is InChI=1S/C18H28N14O12S4/c33-41-43-45-7-3-20-13-26-14(21-4-8-46-44-42-34)32-18(31-13)28-12-19-2-1-11(24-12)25-17-29-15(22-5-9-47(35,36)37)27-16(30-17)23-6-10-48(38,39)40/h1-2,33-34H,3-10H2,(H,35,36,37)(H,38,39,40)(H6,19,20,21,22,23,24,25,26,27,28,29,30,31,32). The van der Waals surface area contributed by atoms with Crippen LogP contribution in [0.1, 0.15) is 0 Å². The van der Waals surface area contributed by atoms with Crippen LogP contribution in [0.25, 0.3) is 0 Å². The highest BCUT2D eigenvalue weighted by atomic mass is 32.2. The molecular formula is C18H28N14O12S4. The molecule has 26 nitrogen and oxygen atoms in total. The Labute approximate surface area is 279 Å². The molecule has 3 aromatic rings. The van der Waals surface area contributed by atoms with Gasteiger partial charge in [0.05, 0.1) is 11.5 Å². The van der Waals surface area contributed by atoms with Crippen molar-refractivity contribution in [1.29, 1.82) is 0 Å². The van der Waals surface area contributed by atoms with Gasteiger partial charge in [-0.15, -0.1) is 8.67 Å². The van der Waals surface area contributed by atoms with Crippen molar-refractivity contribution in [3.8, 4) is 0 Å². The van der Waals surface area contributed by atoms with Gasteiger partial charge in [-0.05, 0) is 6.07 Å². The maximum absolute atomic E-state index is 11.1. The predicted molar refractivity (Wildman–Crippen MR) is 170 cm³/mol. The minimum Gasteiger partial charge on any atom is -0.353 e. The van der Waals surface area contributed by atoms with Crippen molar-refractivity contribution in [2.45, 2.75) is 0 Å². The minimum absolute atomic E-state index is 0.00302. The van der Waals surface area contributed by atoms with E-state index in [1.807, 2.05) is 0 Å². The molecule has 0 radical (unpaired) electrons. The van der Waals surface area contributed by atoms with E-state index in [1.165, 1.54) is 12.3 Å². The first-order valence-corrected chi connectivity index (χ1v) is 17.9. The second-order valence-electron chi connectivity index (χ2n) is 8.34. The van der Waals surface area contributed by atoms with Crippen molar-refractivity contribution >= 4 is 91.8 Å². The normalized spacial score (nSPS) is 11.6. The molecule has 0 spiro atoms. The topological polar surface area (TPSA) is 361 Å². The number of aromatic nitrogens is 8. The van der Waals surface area contributed by atoms with Gasteiger partial charge < -0.3 is 26.6 Å². The van der Waals surface area contributed by atoms with E-state index in [-0.39, 0.29) is 73.6 Å². The number of anilines is 8. The molecule has 0 fully saturated rings. The molecule has 266 valence electrons. The average Bonchev–Trinajstić information content (AvgIpc) is 3.00. The SMILES string of the molecule is O=S(=O)(O)CCNc1nc(NCCS(=O)(=O)O)nc(Nc2ccnc(Nc3nc(NCCSOOO)nc(NCCSOOO)n3)n2)n1. The van der Waals surface area contributed by atoms with Crippen LogP contribution in [0.4, 0.5) is 47.5 Å². The Balaban J connectivity index is 1.77. The van der Waals surface area contributed by atoms with E-state index in [4.69, 9.17) is 19.6 Å². The smallest absolute Gasteiger partial charge is 0.266 e. The van der Waals surface area contributed by atoms with Crippen molar-refractivity contribution in [3.05, 3.63) is 12.3 Å². The van der Waals surface area contributed by atoms with Gasteiger partial charge in [0.15, 0.2) is 0 Å². The molecule has 10 N–H and O–H groups in total. The third-order valence-corrected chi connectivity index (χ3v) is 7.27. The molecule has 0 saturated heterocycles. The molecule has 0 amide bonds. The summed E-state index contributed by atoms with van der Waals surface area (Å²) in [6, 6.07) is 1.45. The summed E-state index contributed by atoms with van der Waals surface area (Å²) in [5, 5.41) is 40.2. The van der Waals surface area contributed by atoms with Crippen molar-refractivity contribution < 1.29 is 55.2 Å². The second-order valence-corrected chi connectivity index (χ2v) is 13.0. The summed E-state index contributed by atoms with van der Waals surface area (Å²) in [6.45, 7) is 0.0217. The van der Waals surface area contributed by atoms with Gasteiger partial charge in [0.2, 0.25) is 41.6 Å². The first-order chi connectivity index (χ1) is 22.9. The van der Waals surface area contributed by atoms with Crippen LogP contribution >= 0.6 is 24.1 Å². The molecule has 0 bridgehead atoms. The van der Waals surface area contributed by atoms with Gasteiger partial charge in [-0.1, -0.05) is 10.1 Å². The monoisotopic (exact) mass is 760 g/mol. The molecule has 0 saturated carbocycles. The summed E-state index contributed by atoms with van der Waals surface area (Å²) in [4.78, 5) is 33.4. The van der Waals surface area contributed by atoms with Gasteiger partial charge in [-0.2, -0.15) is 51.7 Å². The fourth-order valence-corrected chi connectivity index (χ4v) is 4.30. The van der Waals surface area contributed by atoms with E-state index in [0.29, 0.717) is 11.5 Å². The van der Waals surface area contributed by atoms with E-state index in [9.17, 15) is 16.8 Å². The third kappa shape index (κ3) is 16.3. The van der Waals surface area contributed by atoms with Crippen molar-refractivity contribution in [2.75, 3.05) is 81.1 Å². The molecule has 0 aliphatic heterocycles. The van der Waals surface area contributed by atoms with Gasteiger partial charge >= 0.3 is 0 Å². The molecule has 0 atom stereocenters. The fraction of sp³-hybridized carbons (Fsp3) is 0.444. The lowest BCUT2D eigenvalue weighted by molar-refractivity contribution is -0.432. The Morgan fingerprint density at radius 1 is 0.583 bits per heavy atom. The van der Waals surface area contributed by atoms with Gasteiger partial charge in [0, 0.05) is 68.0 Å². The molecule has 0 aromatic carbocycles. The third-order valence-electron chi connectivity index (χ3n) is 4.77. The molecule has 30 heteroatoms. The lowest BCUT2D eigenvalue weighted by atomic mass is 10.5. The first kappa shape index (κ1) is 38.6. The van der Waals surface area contributed by atoms with E-state index in [0.717, 1.165) is 24.1 Å². The first-order valence-electron chi connectivity index (χ1n) is 12.9. The van der Waals surface area contributed by atoms with Crippen LogP contribution in [0.5, 0.6) is 0 Å². The van der Waals surface area contributed by atoms with E-state index < -0.39 is 31.7 Å². The van der Waals surface area contributed by atoms with Crippen LogP contribution in [0.3, 0.4) is 0 Å². The zero-order valence-electron chi connectivity index (χ0n) is 24.1. The Kier molecular flexibility index (Phi) is 16.0. The van der Waals surface area contributed by atoms with Gasteiger partial charge in [-0.3, -0.25) is 14.4 Å². The van der Waals surface area contributed by atoms with Crippen LogP contribution in [-0.4, -0.2) is 126 Å². The molecule has 3 heterocycles. The van der Waals surface area contributed by atoms with Crippen molar-refractivity contribution in [2.24, 2.45) is 0 Å². The number of hydrogen-bond donors (Lipinski definition) is 10. The molecule has 0 unspecified atom stereocenters. The molecule has 0 aliphatic rings. The van der Waals surface area contributed by atoms with E-state index in [2.05, 4.69) is 90.5 Å². The average molecular weight is 761 g/mol. The molecule has 3 aromatic heterocycles. The molecular weight excluding hydrogens is 733 g/mol. The van der Waals surface area contributed by atoms with Gasteiger partial charge in [0.25, 0.3) is 20.2 Å². The summed E-state index contributed by atoms with van der Waals surface area (Å²) in [7, 11) is -8.58. The van der Waals surface area contributed by atoms with Crippen LogP contribution in [-0.2, 0) is 39.0 Å². The zero-order valence-corrected chi connectivity index (χ0v) is 27.3. The second kappa shape index (κ2) is 19.9. The van der Waals surface area contributed by atoms with Crippen molar-refractivity contribution in [1.82, 2.24) is 39.9 Å². The van der Waals surface area contributed by atoms with Crippen LogP contribution < -0.4 is 31.9 Å². The lowest BCUT2D eigenvalue weighted by Crippen LogP contribution is -2.19. The van der Waals surface area contributed by atoms with Crippen LogP contribution in [0, 0.1) is 0 Å². The summed E-state index contributed by atoms with van der Waals surface area (Å²) in [5.41, 5.74) is 0. The quantitative estimate of drug-likeness (QED) is 0.0187. The molecule has 3 rings (SSSR count). The van der Waals surface area contributed by atoms with Gasteiger partial charge in [0.1, 0.15) is 5.82 Å². The Bertz CT molecular complexity index is 1570. The maximum atomic E-state index is 11.1. The maximum Gasteiger partial charge on any atom is 0.266 e. The fourth-order valence-electron chi connectivity index (χ4n) is 2.99. The largest absolute Gasteiger partial charge is 0.353 e. The minimum atomic E-state index is -4.29. The van der Waals surface area contributed by atoms with E-state index in [1.54, 1.807) is 0 Å². The van der Waals surface area contributed by atoms with Crippen LogP contribution in [0.2, 0.25) is 0 Å². The number of hydrogen-bond acceptors (Lipinski definition) is 26. The summed E-state index contributed by atoms with van der Waals surface area (Å²) < 4.78 is 70.9. The highest BCUT2D eigenvalue weighted by Crippen LogP contribution is 2.18. The molecule has 0 aliphatic carbocycles. The lowest BCUT2D eigenvalue weighted by Gasteiger charge is -2.12. The highest BCUT2D eigenvalue weighted by molar-refractivity contribution is 7.94. The summed E-state index contributed by atoms with van der Waals surface area (Å²) in [6.07, 6.45) is 1.37. The zero-order chi connectivity index (χ0) is 34.8. The summed E-state index contributed by atoms with van der Waals surface area (Å²) in [5.74, 6) is -0.659. The van der Waals surface area contributed by atoms with Gasteiger partial charge in [-0.25, -0.2) is 15.5 Å². The number of nitrogens with one attached hydrogen (secondary N) is 6. The van der Waals surface area contributed by atoms with Crippen molar-refractivity contribution in [3.63, 3.8) is 0 Å². The Hall–Kier alpha value is -3.82. The number of rotatable bonds is 24. The Morgan fingerprint density at radius 2 is 1.00 bits per heavy atom. The number of nitrogens with zero attached hydrogens (tertiary/aromatic N) is 8. The summed E-state index contributed by atoms with van der Waals surface area (Å²) >= 11 is 1.63. The molecule has 48 heavy (non-hydrogen) atoms. The Morgan fingerprint density at radius 3 is 1.44 bits per heavy atom. The van der Waals surface area contributed by atoms with Crippen LogP contribution in [0.15, 0.2) is 12.3 Å².